The minimum absolute atomic E-state index is 0.130. The van der Waals surface area contributed by atoms with E-state index in [0.29, 0.717) is 6.42 Å². The van der Waals surface area contributed by atoms with E-state index in [1.165, 1.54) is 0 Å². The first kappa shape index (κ1) is 16.5. The first-order valence-corrected chi connectivity index (χ1v) is 7.12. The van der Waals surface area contributed by atoms with Crippen molar-refractivity contribution in [3.05, 3.63) is 0 Å². The Labute approximate surface area is 107 Å². The molecule has 0 aliphatic heterocycles. The molecule has 0 saturated heterocycles. The van der Waals surface area contributed by atoms with Crippen LogP contribution in [-0.2, 0) is 9.59 Å². The first-order chi connectivity index (χ1) is 7.74. The van der Waals surface area contributed by atoms with Gasteiger partial charge in [0.25, 0.3) is 0 Å². The van der Waals surface area contributed by atoms with Crippen LogP contribution < -0.4 is 17.2 Å². The average molecular weight is 283 g/mol. The SMILES string of the molecule is CCC(N)(SSCC(N)C(=O)O)C(N)C(=O)O. The molecule has 0 rings (SSSR count). The number of nitrogens with two attached hydrogens (primary N) is 3. The summed E-state index contributed by atoms with van der Waals surface area (Å²) in [5.74, 6) is -2.17. The van der Waals surface area contributed by atoms with E-state index in [-0.39, 0.29) is 5.75 Å². The molecule has 0 aromatic carbocycles. The van der Waals surface area contributed by atoms with E-state index in [0.717, 1.165) is 21.6 Å². The third kappa shape index (κ3) is 5.13. The standard InChI is InChI=1S/C8H17N3O4S2/c1-2-8(11,5(10)7(14)15)17-16-3-4(9)6(12)13/h4-5H,2-3,9-11H2,1H3,(H,12,13)(H,14,15). The highest BCUT2D eigenvalue weighted by Gasteiger charge is 2.37. The van der Waals surface area contributed by atoms with Crippen LogP contribution in [0.15, 0.2) is 0 Å². The van der Waals surface area contributed by atoms with Gasteiger partial charge in [-0.05, 0) is 6.42 Å². The minimum Gasteiger partial charge on any atom is -0.480 e. The smallest absolute Gasteiger partial charge is 0.323 e. The number of hydrogen-bond donors (Lipinski definition) is 5. The van der Waals surface area contributed by atoms with Gasteiger partial charge in [0.05, 0.1) is 4.87 Å². The van der Waals surface area contributed by atoms with Crippen molar-refractivity contribution in [2.45, 2.75) is 30.3 Å². The molecular weight excluding hydrogens is 266 g/mol. The van der Waals surface area contributed by atoms with Gasteiger partial charge in [-0.15, -0.1) is 0 Å². The zero-order chi connectivity index (χ0) is 13.6. The molecule has 0 radical (unpaired) electrons. The lowest BCUT2D eigenvalue weighted by molar-refractivity contribution is -0.139. The maximum atomic E-state index is 10.8. The second-order valence-electron chi connectivity index (χ2n) is 3.44. The summed E-state index contributed by atoms with van der Waals surface area (Å²) in [6.07, 6.45) is 0.348. The molecule has 0 aliphatic rings. The summed E-state index contributed by atoms with van der Waals surface area (Å²) in [4.78, 5) is 20.1. The van der Waals surface area contributed by atoms with Gasteiger partial charge in [-0.2, -0.15) is 0 Å². The summed E-state index contributed by atoms with van der Waals surface area (Å²) < 4.78 is 0. The predicted molar refractivity (Wildman–Crippen MR) is 68.5 cm³/mol. The van der Waals surface area contributed by atoms with Crippen LogP contribution >= 0.6 is 21.6 Å². The van der Waals surface area contributed by atoms with Crippen molar-refractivity contribution in [3.63, 3.8) is 0 Å². The normalized spacial score (nSPS) is 18.1. The lowest BCUT2D eigenvalue weighted by atomic mass is 10.1. The van der Waals surface area contributed by atoms with E-state index in [2.05, 4.69) is 0 Å². The summed E-state index contributed by atoms with van der Waals surface area (Å²) in [5.41, 5.74) is 16.6. The average Bonchev–Trinajstić information content (AvgIpc) is 2.27. The van der Waals surface area contributed by atoms with E-state index < -0.39 is 28.9 Å². The quantitative estimate of drug-likeness (QED) is 0.286. The van der Waals surface area contributed by atoms with Crippen molar-refractivity contribution < 1.29 is 19.8 Å². The molecule has 0 fully saturated rings. The van der Waals surface area contributed by atoms with Gasteiger partial charge in [0.2, 0.25) is 0 Å². The highest BCUT2D eigenvalue weighted by atomic mass is 33.1. The third-order valence-corrected chi connectivity index (χ3v) is 5.28. The molecule has 0 aromatic rings. The van der Waals surface area contributed by atoms with Crippen molar-refractivity contribution in [2.24, 2.45) is 17.2 Å². The Balaban J connectivity index is 4.31. The second-order valence-corrected chi connectivity index (χ2v) is 6.14. The first-order valence-electron chi connectivity index (χ1n) is 4.81. The number of hydrogen-bond acceptors (Lipinski definition) is 7. The molecule has 17 heavy (non-hydrogen) atoms. The second kappa shape index (κ2) is 7.07. The van der Waals surface area contributed by atoms with Gasteiger partial charge in [-0.1, -0.05) is 28.5 Å². The largest absolute Gasteiger partial charge is 0.480 e. The van der Waals surface area contributed by atoms with Gasteiger partial charge >= 0.3 is 11.9 Å². The van der Waals surface area contributed by atoms with Crippen LogP contribution in [0.25, 0.3) is 0 Å². The Hall–Kier alpha value is -0.480. The van der Waals surface area contributed by atoms with E-state index in [1.807, 2.05) is 0 Å². The lowest BCUT2D eigenvalue weighted by Crippen LogP contribution is -2.56. The Morgan fingerprint density at radius 3 is 2.18 bits per heavy atom. The van der Waals surface area contributed by atoms with Crippen LogP contribution in [0.2, 0.25) is 0 Å². The molecular formula is C8H17N3O4S2. The Morgan fingerprint density at radius 1 is 1.29 bits per heavy atom. The highest BCUT2D eigenvalue weighted by Crippen LogP contribution is 2.36. The van der Waals surface area contributed by atoms with Crippen LogP contribution in [0.1, 0.15) is 13.3 Å². The zero-order valence-corrected chi connectivity index (χ0v) is 11.0. The van der Waals surface area contributed by atoms with Crippen molar-refractivity contribution in [1.82, 2.24) is 0 Å². The molecule has 0 heterocycles. The van der Waals surface area contributed by atoms with Crippen LogP contribution in [0.5, 0.6) is 0 Å². The van der Waals surface area contributed by atoms with Gasteiger partial charge in [-0.25, -0.2) is 0 Å². The van der Waals surface area contributed by atoms with Crippen LogP contribution in [-0.4, -0.2) is 44.9 Å². The van der Waals surface area contributed by atoms with Crippen LogP contribution in [0.3, 0.4) is 0 Å². The summed E-state index contributed by atoms with van der Waals surface area (Å²) in [6.45, 7) is 1.72. The topological polar surface area (TPSA) is 153 Å². The van der Waals surface area contributed by atoms with Gasteiger partial charge in [-0.3, -0.25) is 9.59 Å². The lowest BCUT2D eigenvalue weighted by Gasteiger charge is -2.30. The molecule has 0 aliphatic carbocycles. The fourth-order valence-electron chi connectivity index (χ4n) is 0.828. The van der Waals surface area contributed by atoms with Crippen LogP contribution in [0.4, 0.5) is 0 Å². The predicted octanol–water partition coefficient (Wildman–Crippen LogP) is -0.743. The van der Waals surface area contributed by atoms with Crippen molar-refractivity contribution in [1.29, 1.82) is 0 Å². The third-order valence-electron chi connectivity index (χ3n) is 2.12. The fraction of sp³-hybridized carbons (Fsp3) is 0.750. The summed E-state index contributed by atoms with van der Waals surface area (Å²) in [7, 11) is 2.16. The number of rotatable bonds is 8. The molecule has 0 spiro atoms. The van der Waals surface area contributed by atoms with Crippen molar-refractivity contribution in [2.75, 3.05) is 5.75 Å². The fourth-order valence-corrected chi connectivity index (χ4v) is 3.69. The molecule has 7 nitrogen and oxygen atoms in total. The summed E-state index contributed by atoms with van der Waals surface area (Å²) >= 11 is 0. The van der Waals surface area contributed by atoms with Crippen molar-refractivity contribution >= 4 is 33.5 Å². The van der Waals surface area contributed by atoms with E-state index in [4.69, 9.17) is 27.4 Å². The molecule has 9 heteroatoms. The van der Waals surface area contributed by atoms with Gasteiger partial charge in [0.1, 0.15) is 12.1 Å². The van der Waals surface area contributed by atoms with E-state index in [1.54, 1.807) is 6.92 Å². The Kier molecular flexibility index (Phi) is 6.87. The monoisotopic (exact) mass is 283 g/mol. The number of aliphatic carboxylic acids is 2. The van der Waals surface area contributed by atoms with Crippen LogP contribution in [0, 0.1) is 0 Å². The maximum absolute atomic E-state index is 10.8. The van der Waals surface area contributed by atoms with Gasteiger partial charge < -0.3 is 27.4 Å². The molecule has 100 valence electrons. The zero-order valence-electron chi connectivity index (χ0n) is 9.33. The van der Waals surface area contributed by atoms with E-state index in [9.17, 15) is 9.59 Å². The molecule has 0 bridgehead atoms. The van der Waals surface area contributed by atoms with Crippen molar-refractivity contribution in [3.8, 4) is 0 Å². The molecule has 8 N–H and O–H groups in total. The van der Waals surface area contributed by atoms with Gasteiger partial charge in [0.15, 0.2) is 0 Å². The summed E-state index contributed by atoms with van der Waals surface area (Å²) in [6, 6.07) is -2.22. The number of carboxylic acid groups (broad SMARTS) is 2. The molecule has 0 amide bonds. The van der Waals surface area contributed by atoms with Gasteiger partial charge in [0, 0.05) is 5.75 Å². The summed E-state index contributed by atoms with van der Waals surface area (Å²) in [5, 5.41) is 17.4. The number of carbonyl (C=O) groups is 2. The molecule has 3 atom stereocenters. The highest BCUT2D eigenvalue weighted by molar-refractivity contribution is 8.77. The molecule has 0 aromatic heterocycles. The maximum Gasteiger partial charge on any atom is 0.323 e. The van der Waals surface area contributed by atoms with E-state index >= 15 is 0 Å². The number of carboxylic acids is 2. The molecule has 3 unspecified atom stereocenters. The minimum atomic E-state index is -1.22. The molecule has 0 saturated carbocycles. The Morgan fingerprint density at radius 2 is 1.82 bits per heavy atom. The Bertz CT molecular complexity index is 292.